The van der Waals surface area contributed by atoms with E-state index in [9.17, 15) is 9.59 Å². The number of carboxylic acids is 1. The molecule has 6 nitrogen and oxygen atoms in total. The summed E-state index contributed by atoms with van der Waals surface area (Å²) in [5.41, 5.74) is 0.190. The van der Waals surface area contributed by atoms with Crippen molar-refractivity contribution in [3.05, 3.63) is 35.9 Å². The first kappa shape index (κ1) is 11.7. The van der Waals surface area contributed by atoms with E-state index >= 15 is 0 Å². The van der Waals surface area contributed by atoms with Crippen LogP contribution in [0.4, 0.5) is 0 Å². The predicted molar refractivity (Wildman–Crippen MR) is 55.4 cm³/mol. The molecule has 1 aromatic rings. The highest BCUT2D eigenvalue weighted by atomic mass is 16.4. The monoisotopic (exact) mass is 222 g/mol. The Bertz CT molecular complexity index is 414. The first-order valence-electron chi connectivity index (χ1n) is 4.42. The van der Waals surface area contributed by atoms with Crippen LogP contribution in [0, 0.1) is 0 Å². The summed E-state index contributed by atoms with van der Waals surface area (Å²) < 4.78 is 0. The van der Waals surface area contributed by atoms with Gasteiger partial charge in [-0.1, -0.05) is 35.5 Å². The number of carbonyl (C=O) groups is 2. The third kappa shape index (κ3) is 3.09. The summed E-state index contributed by atoms with van der Waals surface area (Å²) in [4.78, 5) is 21.6. The Labute approximate surface area is 91.2 Å². The SMILES string of the molecule is O=C(O)CNC(=O)C(=NO)c1ccccc1. The number of oxime groups is 1. The molecule has 0 heterocycles. The van der Waals surface area contributed by atoms with E-state index in [1.54, 1.807) is 30.3 Å². The van der Waals surface area contributed by atoms with Crippen molar-refractivity contribution in [1.82, 2.24) is 5.32 Å². The smallest absolute Gasteiger partial charge is 0.322 e. The summed E-state index contributed by atoms with van der Waals surface area (Å²) in [6.07, 6.45) is 0. The number of aliphatic carboxylic acids is 1. The van der Waals surface area contributed by atoms with Crippen LogP contribution in [0.25, 0.3) is 0 Å². The lowest BCUT2D eigenvalue weighted by atomic mass is 10.1. The molecule has 6 heteroatoms. The molecule has 84 valence electrons. The molecule has 1 amide bonds. The van der Waals surface area contributed by atoms with E-state index in [1.807, 2.05) is 0 Å². The zero-order valence-corrected chi connectivity index (χ0v) is 8.25. The highest BCUT2D eigenvalue weighted by Gasteiger charge is 2.14. The van der Waals surface area contributed by atoms with Crippen LogP contribution in [0.1, 0.15) is 5.56 Å². The average Bonchev–Trinajstić information content (AvgIpc) is 2.29. The lowest BCUT2D eigenvalue weighted by Crippen LogP contribution is -2.35. The molecule has 0 saturated heterocycles. The minimum Gasteiger partial charge on any atom is -0.480 e. The molecule has 0 aromatic heterocycles. The second kappa shape index (κ2) is 5.50. The zero-order chi connectivity index (χ0) is 12.0. The highest BCUT2D eigenvalue weighted by molar-refractivity contribution is 6.45. The molecule has 0 spiro atoms. The highest BCUT2D eigenvalue weighted by Crippen LogP contribution is 2.00. The van der Waals surface area contributed by atoms with Gasteiger partial charge >= 0.3 is 5.97 Å². The maximum atomic E-state index is 11.4. The van der Waals surface area contributed by atoms with Gasteiger partial charge in [-0.3, -0.25) is 9.59 Å². The largest absolute Gasteiger partial charge is 0.480 e. The van der Waals surface area contributed by atoms with Gasteiger partial charge in [0.15, 0.2) is 5.71 Å². The minimum absolute atomic E-state index is 0.221. The van der Waals surface area contributed by atoms with Gasteiger partial charge in [0.25, 0.3) is 5.91 Å². The van der Waals surface area contributed by atoms with E-state index in [-0.39, 0.29) is 5.71 Å². The lowest BCUT2D eigenvalue weighted by Gasteiger charge is -2.04. The number of benzene rings is 1. The Morgan fingerprint density at radius 3 is 2.38 bits per heavy atom. The Balaban J connectivity index is 2.77. The maximum Gasteiger partial charge on any atom is 0.322 e. The van der Waals surface area contributed by atoms with Crippen molar-refractivity contribution in [1.29, 1.82) is 0 Å². The van der Waals surface area contributed by atoms with Gasteiger partial charge in [0.1, 0.15) is 6.54 Å². The number of hydrogen-bond donors (Lipinski definition) is 3. The van der Waals surface area contributed by atoms with Crippen molar-refractivity contribution >= 4 is 17.6 Å². The van der Waals surface area contributed by atoms with Crippen molar-refractivity contribution in [3.8, 4) is 0 Å². The number of hydrogen-bond acceptors (Lipinski definition) is 4. The van der Waals surface area contributed by atoms with E-state index in [1.165, 1.54) is 0 Å². The summed E-state index contributed by atoms with van der Waals surface area (Å²) in [5, 5.41) is 22.0. The number of carboxylic acid groups (broad SMARTS) is 1. The van der Waals surface area contributed by atoms with Crippen LogP contribution in [0.5, 0.6) is 0 Å². The first-order chi connectivity index (χ1) is 7.65. The molecular formula is C10H10N2O4. The summed E-state index contributed by atoms with van der Waals surface area (Å²) in [6, 6.07) is 8.24. The standard InChI is InChI=1S/C10H10N2O4/c13-8(14)6-11-10(15)9(12-16)7-4-2-1-3-5-7/h1-5,16H,6H2,(H,11,15)(H,13,14). The van der Waals surface area contributed by atoms with Gasteiger partial charge in [0, 0.05) is 5.56 Å². The van der Waals surface area contributed by atoms with Crippen molar-refractivity contribution < 1.29 is 19.9 Å². The molecule has 3 N–H and O–H groups in total. The predicted octanol–water partition coefficient (Wildman–Crippen LogP) is 0.0657. The topological polar surface area (TPSA) is 99.0 Å². The maximum absolute atomic E-state index is 11.4. The lowest BCUT2D eigenvalue weighted by molar-refractivity contribution is -0.137. The molecule has 0 unspecified atom stereocenters. The van der Waals surface area contributed by atoms with Gasteiger partial charge in [-0.25, -0.2) is 0 Å². The third-order valence-electron chi connectivity index (χ3n) is 1.76. The van der Waals surface area contributed by atoms with Crippen molar-refractivity contribution in [2.24, 2.45) is 5.16 Å². The van der Waals surface area contributed by atoms with Crippen LogP contribution in [0.15, 0.2) is 35.5 Å². The van der Waals surface area contributed by atoms with E-state index in [2.05, 4.69) is 10.5 Å². The van der Waals surface area contributed by atoms with E-state index in [0.717, 1.165) is 0 Å². The van der Waals surface area contributed by atoms with Gasteiger partial charge in [-0.05, 0) is 0 Å². The molecule has 1 aromatic carbocycles. The summed E-state index contributed by atoms with van der Waals surface area (Å²) in [5.74, 6) is -1.91. The number of nitrogens with one attached hydrogen (secondary N) is 1. The van der Waals surface area contributed by atoms with Crippen LogP contribution < -0.4 is 5.32 Å². The van der Waals surface area contributed by atoms with Crippen LogP contribution in [-0.2, 0) is 9.59 Å². The minimum atomic E-state index is -1.17. The molecule has 16 heavy (non-hydrogen) atoms. The van der Waals surface area contributed by atoms with E-state index in [4.69, 9.17) is 10.3 Å². The summed E-state index contributed by atoms with van der Waals surface area (Å²) in [6.45, 7) is -0.523. The van der Waals surface area contributed by atoms with Gasteiger partial charge < -0.3 is 15.6 Å². The zero-order valence-electron chi connectivity index (χ0n) is 8.25. The molecule has 0 atom stereocenters. The molecule has 0 fully saturated rings. The van der Waals surface area contributed by atoms with Crippen molar-refractivity contribution in [2.75, 3.05) is 6.54 Å². The van der Waals surface area contributed by atoms with Gasteiger partial charge in [0.2, 0.25) is 0 Å². The Hall–Kier alpha value is -2.37. The average molecular weight is 222 g/mol. The fourth-order valence-corrected chi connectivity index (χ4v) is 1.07. The molecule has 0 radical (unpaired) electrons. The first-order valence-corrected chi connectivity index (χ1v) is 4.42. The molecule has 0 aliphatic rings. The molecular weight excluding hydrogens is 212 g/mol. The number of rotatable bonds is 4. The number of nitrogens with zero attached hydrogens (tertiary/aromatic N) is 1. The summed E-state index contributed by atoms with van der Waals surface area (Å²) in [7, 11) is 0. The second-order valence-electron chi connectivity index (χ2n) is 2.89. The van der Waals surface area contributed by atoms with Gasteiger partial charge in [-0.2, -0.15) is 0 Å². The Kier molecular flexibility index (Phi) is 4.02. The molecule has 1 rings (SSSR count). The fraction of sp³-hybridized carbons (Fsp3) is 0.100. The van der Waals surface area contributed by atoms with E-state index in [0.29, 0.717) is 5.56 Å². The molecule has 0 bridgehead atoms. The van der Waals surface area contributed by atoms with Gasteiger partial charge in [-0.15, -0.1) is 0 Å². The van der Waals surface area contributed by atoms with Crippen molar-refractivity contribution in [3.63, 3.8) is 0 Å². The Morgan fingerprint density at radius 1 is 1.25 bits per heavy atom. The summed E-state index contributed by atoms with van der Waals surface area (Å²) >= 11 is 0. The van der Waals surface area contributed by atoms with Crippen molar-refractivity contribution in [2.45, 2.75) is 0 Å². The molecule has 0 saturated carbocycles. The van der Waals surface area contributed by atoms with Crippen LogP contribution in [0.3, 0.4) is 0 Å². The number of amides is 1. The number of carbonyl (C=O) groups excluding carboxylic acids is 1. The Morgan fingerprint density at radius 2 is 1.88 bits per heavy atom. The van der Waals surface area contributed by atoms with Crippen LogP contribution in [-0.4, -0.2) is 34.4 Å². The third-order valence-corrected chi connectivity index (χ3v) is 1.76. The second-order valence-corrected chi connectivity index (χ2v) is 2.89. The fourth-order valence-electron chi connectivity index (χ4n) is 1.07. The molecule has 0 aliphatic heterocycles. The molecule has 0 aliphatic carbocycles. The van der Waals surface area contributed by atoms with Crippen LogP contribution in [0.2, 0.25) is 0 Å². The van der Waals surface area contributed by atoms with E-state index < -0.39 is 18.4 Å². The van der Waals surface area contributed by atoms with Crippen LogP contribution >= 0.6 is 0 Å². The quantitative estimate of drug-likeness (QED) is 0.381. The normalized spacial score (nSPS) is 10.9. The van der Waals surface area contributed by atoms with Gasteiger partial charge in [0.05, 0.1) is 0 Å².